The first-order valence-electron chi connectivity index (χ1n) is 5.92. The van der Waals surface area contributed by atoms with E-state index in [1.807, 2.05) is 0 Å². The fourth-order valence-electron chi connectivity index (χ4n) is 2.13. The molecule has 1 fully saturated rings. The van der Waals surface area contributed by atoms with Gasteiger partial charge in [-0.15, -0.1) is 0 Å². The molecule has 1 aliphatic heterocycles. The minimum absolute atomic E-state index is 0. The Bertz CT molecular complexity index is 460. The summed E-state index contributed by atoms with van der Waals surface area (Å²) in [6.45, 7) is -0.0818. The molecule has 0 aliphatic carbocycles. The first-order chi connectivity index (χ1) is 8.93. The van der Waals surface area contributed by atoms with E-state index in [0.29, 0.717) is 5.56 Å². The molecule has 0 aromatic heterocycles. The van der Waals surface area contributed by atoms with Crippen molar-refractivity contribution in [2.75, 3.05) is 13.2 Å². The smallest absolute Gasteiger partial charge is 1.00 e. The van der Waals surface area contributed by atoms with Crippen molar-refractivity contribution >= 4 is 43.7 Å². The van der Waals surface area contributed by atoms with Gasteiger partial charge in [0.05, 0.1) is 18.8 Å². The molecule has 1 unspecified atom stereocenters. The van der Waals surface area contributed by atoms with Crippen LogP contribution < -0.4 is 0 Å². The first kappa shape index (κ1) is 17.8. The van der Waals surface area contributed by atoms with Gasteiger partial charge in [-0.05, 0) is 17.7 Å². The van der Waals surface area contributed by atoms with Gasteiger partial charge in [0.25, 0.3) is 0 Å². The molecule has 0 saturated carbocycles. The predicted molar refractivity (Wildman–Crippen MR) is 72.9 cm³/mol. The average Bonchev–Trinajstić information content (AvgIpc) is 2.37. The monoisotopic (exact) mass is 310 g/mol. The number of carboxylic acids is 1. The van der Waals surface area contributed by atoms with Crippen LogP contribution in [0, 0.1) is 0 Å². The Hall–Kier alpha value is -0.210. The van der Waals surface area contributed by atoms with E-state index in [0.717, 1.165) is 0 Å². The fraction of sp³-hybridized carbons (Fsp3) is 0.462. The van der Waals surface area contributed by atoms with Crippen LogP contribution in [0.2, 0.25) is 0 Å². The molecule has 1 aromatic rings. The van der Waals surface area contributed by atoms with Crippen LogP contribution in [0.1, 0.15) is 18.8 Å². The van der Waals surface area contributed by atoms with Gasteiger partial charge in [0.15, 0.2) is 0 Å². The third-order valence-electron chi connectivity index (χ3n) is 3.39. The van der Waals surface area contributed by atoms with Gasteiger partial charge in [0.1, 0.15) is 17.8 Å². The standard InChI is InChI=1S/C13H16O6.Ca.2H/c14-10-6-19-7-11(15)13(10,18)5-8-1-3-9(4-2-8)12(16)17;;;/h1-4,10-11,14-15,18H,5-7H2,(H,16,17);;;/q;+2;2*-1/t10-,11+,13?;;;. The summed E-state index contributed by atoms with van der Waals surface area (Å²) < 4.78 is 4.94. The topological polar surface area (TPSA) is 107 Å². The predicted octanol–water partition coefficient (Wildman–Crippen LogP) is -0.745. The molecule has 7 heteroatoms. The number of hydrogen-bond acceptors (Lipinski definition) is 5. The van der Waals surface area contributed by atoms with Crippen molar-refractivity contribution in [3.8, 4) is 0 Å². The number of ether oxygens (including phenoxy) is 1. The van der Waals surface area contributed by atoms with Gasteiger partial charge in [-0.25, -0.2) is 4.79 Å². The van der Waals surface area contributed by atoms with Crippen molar-refractivity contribution in [3.63, 3.8) is 0 Å². The van der Waals surface area contributed by atoms with Gasteiger partial charge < -0.3 is 28.0 Å². The van der Waals surface area contributed by atoms with Crippen LogP contribution in [0.4, 0.5) is 0 Å². The summed E-state index contributed by atoms with van der Waals surface area (Å²) in [7, 11) is 0. The molecule has 0 spiro atoms. The van der Waals surface area contributed by atoms with E-state index < -0.39 is 23.8 Å². The minimum Gasteiger partial charge on any atom is -1.00 e. The summed E-state index contributed by atoms with van der Waals surface area (Å²) in [6.07, 6.45) is -2.34. The van der Waals surface area contributed by atoms with Crippen LogP contribution in [0.5, 0.6) is 0 Å². The van der Waals surface area contributed by atoms with E-state index in [1.54, 1.807) is 12.1 Å². The number of benzene rings is 1. The summed E-state index contributed by atoms with van der Waals surface area (Å²) in [5, 5.41) is 38.7. The Labute approximate surface area is 149 Å². The van der Waals surface area contributed by atoms with Gasteiger partial charge >= 0.3 is 43.7 Å². The van der Waals surface area contributed by atoms with Crippen LogP contribution in [-0.2, 0) is 11.2 Å². The zero-order valence-corrected chi connectivity index (χ0v) is 13.1. The maximum Gasteiger partial charge on any atom is 2.00 e. The summed E-state index contributed by atoms with van der Waals surface area (Å²) in [5.74, 6) is -1.03. The van der Waals surface area contributed by atoms with Gasteiger partial charge in [-0.2, -0.15) is 0 Å². The van der Waals surface area contributed by atoms with Crippen LogP contribution in [0.3, 0.4) is 0 Å². The Balaban J connectivity index is 0. The van der Waals surface area contributed by atoms with E-state index in [-0.39, 0.29) is 65.8 Å². The Morgan fingerprint density at radius 2 is 1.75 bits per heavy atom. The zero-order valence-electron chi connectivity index (χ0n) is 12.9. The Morgan fingerprint density at radius 3 is 2.20 bits per heavy atom. The van der Waals surface area contributed by atoms with Crippen molar-refractivity contribution in [2.45, 2.75) is 24.2 Å². The number of hydrogen-bond donors (Lipinski definition) is 4. The van der Waals surface area contributed by atoms with Gasteiger partial charge in [0, 0.05) is 6.42 Å². The van der Waals surface area contributed by atoms with E-state index >= 15 is 0 Å². The van der Waals surface area contributed by atoms with Crippen LogP contribution in [-0.4, -0.2) is 95.2 Å². The quantitative estimate of drug-likeness (QED) is 0.548. The number of carboxylic acid groups (broad SMARTS) is 1. The second-order valence-electron chi connectivity index (χ2n) is 4.74. The molecule has 0 radical (unpaired) electrons. The number of rotatable bonds is 3. The molecule has 1 aromatic carbocycles. The molecule has 2 rings (SSSR count). The molecule has 3 atom stereocenters. The van der Waals surface area contributed by atoms with E-state index in [9.17, 15) is 20.1 Å². The molecule has 6 nitrogen and oxygen atoms in total. The molecule has 0 bridgehead atoms. The maximum absolute atomic E-state index is 10.7. The summed E-state index contributed by atoms with van der Waals surface area (Å²) in [5.41, 5.74) is -0.903. The number of aliphatic hydroxyl groups excluding tert-OH is 2. The molecule has 1 aliphatic rings. The molecule has 108 valence electrons. The molecule has 0 amide bonds. The Morgan fingerprint density at radius 1 is 1.25 bits per heavy atom. The summed E-state index contributed by atoms with van der Waals surface area (Å²) in [4.78, 5) is 10.7. The number of carbonyl (C=O) groups is 1. The van der Waals surface area contributed by atoms with Crippen molar-refractivity contribution in [3.05, 3.63) is 35.4 Å². The molecule has 1 saturated heterocycles. The van der Waals surface area contributed by atoms with E-state index in [2.05, 4.69) is 0 Å². The molecular formula is C13H18CaO6. The molecule has 1 heterocycles. The minimum atomic E-state index is -1.68. The van der Waals surface area contributed by atoms with Crippen molar-refractivity contribution in [1.82, 2.24) is 0 Å². The van der Waals surface area contributed by atoms with E-state index in [4.69, 9.17) is 9.84 Å². The Kier molecular flexibility index (Phi) is 6.40. The summed E-state index contributed by atoms with van der Waals surface area (Å²) >= 11 is 0. The van der Waals surface area contributed by atoms with Crippen LogP contribution in [0.25, 0.3) is 0 Å². The average molecular weight is 310 g/mol. The van der Waals surface area contributed by atoms with Gasteiger partial charge in [-0.3, -0.25) is 0 Å². The first-order valence-corrected chi connectivity index (χ1v) is 5.92. The number of aromatic carboxylic acids is 1. The van der Waals surface area contributed by atoms with Crippen LogP contribution >= 0.6 is 0 Å². The van der Waals surface area contributed by atoms with Gasteiger partial charge in [0.2, 0.25) is 0 Å². The van der Waals surface area contributed by atoms with Crippen molar-refractivity contribution in [2.24, 2.45) is 0 Å². The SMILES string of the molecule is O=C(O)c1ccc(CC2(O)[C@H](O)COC[C@@H]2O)cc1.[Ca+2].[H-].[H-]. The second-order valence-corrected chi connectivity index (χ2v) is 4.74. The van der Waals surface area contributed by atoms with Crippen molar-refractivity contribution in [1.29, 1.82) is 0 Å². The van der Waals surface area contributed by atoms with Crippen LogP contribution in [0.15, 0.2) is 24.3 Å². The largest absolute Gasteiger partial charge is 2.00 e. The molecule has 4 N–H and O–H groups in total. The van der Waals surface area contributed by atoms with Crippen molar-refractivity contribution < 1.29 is 32.8 Å². The van der Waals surface area contributed by atoms with Gasteiger partial charge in [-0.1, -0.05) is 12.1 Å². The maximum atomic E-state index is 10.7. The second kappa shape index (κ2) is 7.17. The molecular weight excluding hydrogens is 292 g/mol. The zero-order chi connectivity index (χ0) is 14.0. The summed E-state index contributed by atoms with van der Waals surface area (Å²) in [6, 6.07) is 5.94. The fourth-order valence-corrected chi connectivity index (χ4v) is 2.13. The normalized spacial score (nSPS) is 29.6. The molecule has 20 heavy (non-hydrogen) atoms. The third kappa shape index (κ3) is 3.71. The van der Waals surface area contributed by atoms with E-state index in [1.165, 1.54) is 12.1 Å². The number of aliphatic hydroxyl groups is 3. The third-order valence-corrected chi connectivity index (χ3v) is 3.39.